The Balaban J connectivity index is 2.53. The van der Waals surface area contributed by atoms with Crippen molar-refractivity contribution >= 4 is 21.8 Å². The third-order valence-corrected chi connectivity index (χ3v) is 2.53. The summed E-state index contributed by atoms with van der Waals surface area (Å²) in [6.07, 6.45) is 0. The molecule has 88 valence electrons. The predicted octanol–water partition coefficient (Wildman–Crippen LogP) is 1.49. The molecule has 5 heteroatoms. The quantitative estimate of drug-likeness (QED) is 0.719. The molecule has 0 fully saturated rings. The zero-order valence-electron chi connectivity index (χ0n) is 9.09. The first kappa shape index (κ1) is 13.0. The van der Waals surface area contributed by atoms with Crippen molar-refractivity contribution in [3.05, 3.63) is 28.2 Å². The number of amides is 1. The molecule has 0 saturated heterocycles. The summed E-state index contributed by atoms with van der Waals surface area (Å²) < 4.78 is 0.745. The van der Waals surface area contributed by atoms with E-state index in [0.717, 1.165) is 17.6 Å². The second-order valence-electron chi connectivity index (χ2n) is 3.27. The Bertz CT molecular complexity index is 369. The summed E-state index contributed by atoms with van der Waals surface area (Å²) >= 11 is 3.22. The van der Waals surface area contributed by atoms with Crippen molar-refractivity contribution in [3.8, 4) is 5.75 Å². The van der Waals surface area contributed by atoms with E-state index in [9.17, 15) is 9.90 Å². The van der Waals surface area contributed by atoms with Crippen molar-refractivity contribution < 1.29 is 9.90 Å². The number of phenols is 1. The summed E-state index contributed by atoms with van der Waals surface area (Å²) in [6.45, 7) is 4.14. The van der Waals surface area contributed by atoms with Crippen LogP contribution in [0.15, 0.2) is 22.7 Å². The van der Waals surface area contributed by atoms with Crippen LogP contribution in [-0.4, -0.2) is 30.6 Å². The van der Waals surface area contributed by atoms with E-state index in [4.69, 9.17) is 0 Å². The second kappa shape index (κ2) is 6.50. The second-order valence-corrected chi connectivity index (χ2v) is 4.19. The molecule has 4 nitrogen and oxygen atoms in total. The third kappa shape index (κ3) is 3.83. The Morgan fingerprint density at radius 3 is 2.81 bits per heavy atom. The molecule has 0 unspecified atom stereocenters. The van der Waals surface area contributed by atoms with Crippen LogP contribution in [0, 0.1) is 0 Å². The monoisotopic (exact) mass is 286 g/mol. The number of nitrogens with one attached hydrogen (secondary N) is 2. The van der Waals surface area contributed by atoms with Crippen LogP contribution < -0.4 is 10.6 Å². The average molecular weight is 287 g/mol. The number of rotatable bonds is 5. The topological polar surface area (TPSA) is 61.4 Å². The molecule has 0 bridgehead atoms. The van der Waals surface area contributed by atoms with Crippen molar-refractivity contribution in [2.24, 2.45) is 0 Å². The summed E-state index contributed by atoms with van der Waals surface area (Å²) in [4.78, 5) is 11.6. The van der Waals surface area contributed by atoms with Gasteiger partial charge in [-0.05, 0) is 24.7 Å². The number of halogens is 1. The summed E-state index contributed by atoms with van der Waals surface area (Å²) in [5, 5.41) is 15.4. The Morgan fingerprint density at radius 1 is 1.44 bits per heavy atom. The molecule has 0 saturated carbocycles. The van der Waals surface area contributed by atoms with E-state index < -0.39 is 0 Å². The highest BCUT2D eigenvalue weighted by atomic mass is 79.9. The van der Waals surface area contributed by atoms with E-state index in [-0.39, 0.29) is 11.7 Å². The molecule has 1 aromatic carbocycles. The van der Waals surface area contributed by atoms with Gasteiger partial charge in [-0.1, -0.05) is 22.9 Å². The maximum absolute atomic E-state index is 11.6. The molecular weight excluding hydrogens is 272 g/mol. The van der Waals surface area contributed by atoms with Gasteiger partial charge in [-0.2, -0.15) is 0 Å². The number of aromatic hydroxyl groups is 1. The molecule has 0 aliphatic heterocycles. The number of hydrogen-bond acceptors (Lipinski definition) is 3. The first-order chi connectivity index (χ1) is 7.65. The van der Waals surface area contributed by atoms with Crippen LogP contribution in [0.5, 0.6) is 5.75 Å². The largest absolute Gasteiger partial charge is 0.507 e. The number of hydrogen-bond donors (Lipinski definition) is 3. The standard InChI is InChI=1S/C11H15BrN2O2/c1-2-13-5-6-14-11(16)9-4-3-8(12)7-10(9)15/h3-4,7,13,15H,2,5-6H2,1H3,(H,14,16). The molecule has 1 rings (SSSR count). The van der Waals surface area contributed by atoms with Crippen molar-refractivity contribution in [2.45, 2.75) is 6.92 Å². The molecule has 0 spiro atoms. The minimum absolute atomic E-state index is 0.0182. The van der Waals surface area contributed by atoms with E-state index in [0.29, 0.717) is 12.1 Å². The van der Waals surface area contributed by atoms with Crippen molar-refractivity contribution in [3.63, 3.8) is 0 Å². The number of phenolic OH excluding ortho intramolecular Hbond substituents is 1. The van der Waals surface area contributed by atoms with Crippen molar-refractivity contribution in [1.29, 1.82) is 0 Å². The zero-order valence-corrected chi connectivity index (χ0v) is 10.7. The van der Waals surface area contributed by atoms with E-state index in [2.05, 4.69) is 26.6 Å². The van der Waals surface area contributed by atoms with Gasteiger partial charge in [-0.3, -0.25) is 4.79 Å². The molecule has 16 heavy (non-hydrogen) atoms. The summed E-state index contributed by atoms with van der Waals surface area (Å²) in [7, 11) is 0. The van der Waals surface area contributed by atoms with Gasteiger partial charge in [-0.15, -0.1) is 0 Å². The Labute approximate surface area is 103 Å². The fraction of sp³-hybridized carbons (Fsp3) is 0.364. The molecule has 3 N–H and O–H groups in total. The molecule has 0 aliphatic carbocycles. The van der Waals surface area contributed by atoms with Gasteiger partial charge in [0.15, 0.2) is 0 Å². The van der Waals surface area contributed by atoms with Crippen LogP contribution in [0.2, 0.25) is 0 Å². The fourth-order valence-electron chi connectivity index (χ4n) is 1.23. The average Bonchev–Trinajstić information content (AvgIpc) is 2.24. The number of carbonyl (C=O) groups excluding carboxylic acids is 1. The molecule has 0 atom stereocenters. The number of carbonyl (C=O) groups is 1. The van der Waals surface area contributed by atoms with E-state index in [1.165, 1.54) is 6.07 Å². The summed E-state index contributed by atoms with van der Waals surface area (Å²) in [5.41, 5.74) is 0.291. The van der Waals surface area contributed by atoms with E-state index in [1.54, 1.807) is 12.1 Å². The normalized spacial score (nSPS) is 10.1. The van der Waals surface area contributed by atoms with Gasteiger partial charge in [0, 0.05) is 17.6 Å². The Kier molecular flexibility index (Phi) is 5.28. The molecule has 0 heterocycles. The third-order valence-electron chi connectivity index (χ3n) is 2.04. The molecule has 1 aromatic rings. The first-order valence-electron chi connectivity index (χ1n) is 5.12. The minimum atomic E-state index is -0.261. The van der Waals surface area contributed by atoms with Crippen molar-refractivity contribution in [2.75, 3.05) is 19.6 Å². The highest BCUT2D eigenvalue weighted by Gasteiger charge is 2.09. The van der Waals surface area contributed by atoms with E-state index >= 15 is 0 Å². The summed E-state index contributed by atoms with van der Waals surface area (Å²) in [6, 6.07) is 4.81. The number of likely N-dealkylation sites (N-methyl/N-ethyl adjacent to an activating group) is 1. The van der Waals surface area contributed by atoms with Gasteiger partial charge in [-0.25, -0.2) is 0 Å². The van der Waals surface area contributed by atoms with Gasteiger partial charge < -0.3 is 15.7 Å². The highest BCUT2D eigenvalue weighted by Crippen LogP contribution is 2.21. The first-order valence-corrected chi connectivity index (χ1v) is 5.92. The smallest absolute Gasteiger partial charge is 0.255 e. The van der Waals surface area contributed by atoms with Gasteiger partial charge in [0.25, 0.3) is 5.91 Å². The molecule has 1 amide bonds. The minimum Gasteiger partial charge on any atom is -0.507 e. The summed E-state index contributed by atoms with van der Waals surface area (Å²) in [5.74, 6) is -0.279. The van der Waals surface area contributed by atoms with E-state index in [1.807, 2.05) is 6.92 Å². The van der Waals surface area contributed by atoms with Crippen LogP contribution in [0.3, 0.4) is 0 Å². The van der Waals surface area contributed by atoms with Crippen LogP contribution >= 0.6 is 15.9 Å². The lowest BCUT2D eigenvalue weighted by atomic mass is 10.2. The molecular formula is C11H15BrN2O2. The Morgan fingerprint density at radius 2 is 2.19 bits per heavy atom. The van der Waals surface area contributed by atoms with Crippen LogP contribution in [-0.2, 0) is 0 Å². The Hall–Kier alpha value is -1.07. The number of benzene rings is 1. The SMILES string of the molecule is CCNCCNC(=O)c1ccc(Br)cc1O. The van der Waals surface area contributed by atoms with Crippen LogP contribution in [0.25, 0.3) is 0 Å². The maximum Gasteiger partial charge on any atom is 0.255 e. The predicted molar refractivity (Wildman–Crippen MR) is 66.7 cm³/mol. The molecule has 0 aromatic heterocycles. The van der Waals surface area contributed by atoms with Crippen molar-refractivity contribution in [1.82, 2.24) is 10.6 Å². The highest BCUT2D eigenvalue weighted by molar-refractivity contribution is 9.10. The molecule has 0 aliphatic rings. The maximum atomic E-state index is 11.6. The van der Waals surface area contributed by atoms with Gasteiger partial charge >= 0.3 is 0 Å². The lowest BCUT2D eigenvalue weighted by molar-refractivity contribution is 0.0951. The van der Waals surface area contributed by atoms with Crippen LogP contribution in [0.4, 0.5) is 0 Å². The molecule has 0 radical (unpaired) electrons. The van der Waals surface area contributed by atoms with Gasteiger partial charge in [0.1, 0.15) is 5.75 Å². The lowest BCUT2D eigenvalue weighted by Gasteiger charge is -2.07. The lowest BCUT2D eigenvalue weighted by Crippen LogP contribution is -2.31. The van der Waals surface area contributed by atoms with Crippen LogP contribution in [0.1, 0.15) is 17.3 Å². The fourth-order valence-corrected chi connectivity index (χ4v) is 1.58. The van der Waals surface area contributed by atoms with Gasteiger partial charge in [0.2, 0.25) is 0 Å². The van der Waals surface area contributed by atoms with Gasteiger partial charge in [0.05, 0.1) is 5.56 Å². The zero-order chi connectivity index (χ0) is 12.0.